The van der Waals surface area contributed by atoms with Crippen LogP contribution in [0.4, 0.5) is 0 Å². The van der Waals surface area contributed by atoms with E-state index in [1.54, 1.807) is 72.8 Å². The van der Waals surface area contributed by atoms with Gasteiger partial charge in [0.05, 0.1) is 9.79 Å². The van der Waals surface area contributed by atoms with Gasteiger partial charge in [-0.15, -0.1) is 0 Å². The molecule has 2 aliphatic heterocycles. The Bertz CT molecular complexity index is 1790. The lowest BCUT2D eigenvalue weighted by Crippen LogP contribution is -2.23. The summed E-state index contributed by atoms with van der Waals surface area (Å²) in [6.07, 6.45) is 0.521. The van der Waals surface area contributed by atoms with Gasteiger partial charge in [-0.2, -0.15) is 0 Å². The highest BCUT2D eigenvalue weighted by molar-refractivity contribution is 7.89. The number of hydrogen-bond donors (Lipinski definition) is 2. The molecule has 0 bridgehead atoms. The molecule has 0 radical (unpaired) electrons. The molecule has 0 spiro atoms. The van der Waals surface area contributed by atoms with E-state index in [4.69, 9.17) is 18.9 Å². The molecule has 4 aromatic carbocycles. The lowest BCUT2D eigenvalue weighted by Gasteiger charge is -2.13. The summed E-state index contributed by atoms with van der Waals surface area (Å²) in [6.45, 7) is 4.25. The van der Waals surface area contributed by atoms with Crippen LogP contribution >= 0.6 is 0 Å². The summed E-state index contributed by atoms with van der Waals surface area (Å²) in [4.78, 5) is 0.336. The fourth-order valence-corrected chi connectivity index (χ4v) is 7.10. The van der Waals surface area contributed by atoms with Gasteiger partial charge in [-0.05, 0) is 102 Å². The molecule has 0 amide bonds. The molecular formula is C31H30N2O8S2. The Balaban J connectivity index is 1.10. The highest BCUT2D eigenvalue weighted by Crippen LogP contribution is 2.33. The quantitative estimate of drug-likeness (QED) is 0.268. The van der Waals surface area contributed by atoms with Crippen molar-refractivity contribution in [3.8, 4) is 23.0 Å². The first-order chi connectivity index (χ1) is 20.6. The van der Waals surface area contributed by atoms with Crippen LogP contribution in [0, 0.1) is 13.8 Å². The van der Waals surface area contributed by atoms with Crippen molar-refractivity contribution >= 4 is 20.0 Å². The minimum atomic E-state index is -3.75. The zero-order valence-electron chi connectivity index (χ0n) is 23.5. The van der Waals surface area contributed by atoms with Crippen LogP contribution < -0.4 is 28.4 Å². The van der Waals surface area contributed by atoms with Crippen molar-refractivity contribution in [1.29, 1.82) is 0 Å². The number of fused-ring (bicyclic) bond motifs is 2. The van der Waals surface area contributed by atoms with Gasteiger partial charge < -0.3 is 18.9 Å². The van der Waals surface area contributed by atoms with Crippen molar-refractivity contribution in [2.45, 2.75) is 43.1 Å². The van der Waals surface area contributed by atoms with Gasteiger partial charge in [0.25, 0.3) is 0 Å². The third kappa shape index (κ3) is 6.32. The number of sulfonamides is 2. The summed E-state index contributed by atoms with van der Waals surface area (Å²) in [5, 5.41) is 0. The SMILES string of the molecule is Cc1cc(S(=O)(=O)NCc2ccc3c(c2)OCO3)ccc1Cc1ccc(S(=O)(=O)NCc2ccc3c(c2)OCO3)cc1C. The number of ether oxygens (including phenoxy) is 4. The van der Waals surface area contributed by atoms with Crippen molar-refractivity contribution in [1.82, 2.24) is 9.44 Å². The van der Waals surface area contributed by atoms with Crippen LogP contribution in [0.2, 0.25) is 0 Å². The topological polar surface area (TPSA) is 129 Å². The van der Waals surface area contributed by atoms with Crippen LogP contribution in [0.1, 0.15) is 33.4 Å². The lowest BCUT2D eigenvalue weighted by atomic mass is 9.98. The molecule has 2 N–H and O–H groups in total. The van der Waals surface area contributed by atoms with E-state index in [2.05, 4.69) is 9.44 Å². The van der Waals surface area contributed by atoms with Gasteiger partial charge in [0, 0.05) is 13.1 Å². The Morgan fingerprint density at radius 1 is 0.558 bits per heavy atom. The third-order valence-corrected chi connectivity index (χ3v) is 10.2. The maximum absolute atomic E-state index is 13.0. The summed E-state index contributed by atoms with van der Waals surface area (Å²) in [5.41, 5.74) is 5.01. The van der Waals surface area contributed by atoms with Gasteiger partial charge in [0.1, 0.15) is 0 Å². The third-order valence-electron chi connectivity index (χ3n) is 7.44. The molecule has 0 aliphatic carbocycles. The van der Waals surface area contributed by atoms with E-state index in [0.717, 1.165) is 33.4 Å². The van der Waals surface area contributed by atoms with Gasteiger partial charge in [0.2, 0.25) is 33.6 Å². The molecule has 0 fully saturated rings. The standard InChI is InChI=1S/C31H30N2O8S2/c1-20-11-26(42(34,35)32-16-22-3-9-28-30(13-22)40-18-38-28)7-5-24(20)15-25-6-8-27(12-21(25)2)43(36,37)33-17-23-4-10-29-31(14-23)41-19-39-29/h3-14,32-33H,15-19H2,1-2H3. The second-order valence-corrected chi connectivity index (χ2v) is 13.9. The summed E-state index contributed by atoms with van der Waals surface area (Å²) in [6, 6.07) is 20.6. The number of rotatable bonds is 10. The average molecular weight is 623 g/mol. The summed E-state index contributed by atoms with van der Waals surface area (Å²) in [5.74, 6) is 2.46. The Morgan fingerprint density at radius 3 is 1.40 bits per heavy atom. The van der Waals surface area contributed by atoms with Gasteiger partial charge >= 0.3 is 0 Å². The van der Waals surface area contributed by atoms with Crippen LogP contribution in [0.5, 0.6) is 23.0 Å². The molecular weight excluding hydrogens is 592 g/mol. The zero-order chi connectivity index (χ0) is 30.2. The molecule has 10 nitrogen and oxygen atoms in total. The largest absolute Gasteiger partial charge is 0.454 e. The second kappa shape index (κ2) is 11.5. The van der Waals surface area contributed by atoms with Crippen LogP contribution in [0.3, 0.4) is 0 Å². The molecule has 0 unspecified atom stereocenters. The van der Waals surface area contributed by atoms with Gasteiger partial charge in [-0.3, -0.25) is 0 Å². The molecule has 2 heterocycles. The first-order valence-corrected chi connectivity index (χ1v) is 16.5. The van der Waals surface area contributed by atoms with Crippen LogP contribution in [0.15, 0.2) is 82.6 Å². The highest BCUT2D eigenvalue weighted by atomic mass is 32.2. The minimum Gasteiger partial charge on any atom is -0.454 e. The van der Waals surface area contributed by atoms with Gasteiger partial charge in [-0.25, -0.2) is 26.3 Å². The summed E-state index contributed by atoms with van der Waals surface area (Å²) in [7, 11) is -7.50. The fourth-order valence-electron chi connectivity index (χ4n) is 4.90. The molecule has 2 aliphatic rings. The van der Waals surface area contributed by atoms with E-state index in [1.165, 1.54) is 0 Å². The predicted octanol–water partition coefficient (Wildman–Crippen LogP) is 4.31. The monoisotopic (exact) mass is 622 g/mol. The average Bonchev–Trinajstić information content (AvgIpc) is 3.66. The zero-order valence-corrected chi connectivity index (χ0v) is 25.2. The molecule has 224 valence electrons. The number of hydrogen-bond acceptors (Lipinski definition) is 8. The molecule has 0 saturated heterocycles. The maximum atomic E-state index is 13.0. The van der Waals surface area contributed by atoms with Crippen molar-refractivity contribution in [3.05, 3.63) is 106 Å². The summed E-state index contributed by atoms with van der Waals surface area (Å²) < 4.78 is 78.6. The molecule has 4 aromatic rings. The Kier molecular flexibility index (Phi) is 7.77. The smallest absolute Gasteiger partial charge is 0.240 e. The van der Waals surface area contributed by atoms with E-state index in [-0.39, 0.29) is 36.5 Å². The van der Waals surface area contributed by atoms with Crippen molar-refractivity contribution in [2.24, 2.45) is 0 Å². The Morgan fingerprint density at radius 2 is 0.977 bits per heavy atom. The van der Waals surface area contributed by atoms with Crippen LogP contribution in [0.25, 0.3) is 0 Å². The first kappa shape index (κ1) is 29.0. The molecule has 0 aromatic heterocycles. The predicted molar refractivity (Wildman–Crippen MR) is 158 cm³/mol. The van der Waals surface area contributed by atoms with Crippen LogP contribution in [-0.4, -0.2) is 30.4 Å². The number of nitrogens with one attached hydrogen (secondary N) is 2. The Hall–Kier alpha value is -4.10. The molecule has 6 rings (SSSR count). The minimum absolute atomic E-state index is 0.111. The first-order valence-electron chi connectivity index (χ1n) is 13.5. The summed E-state index contributed by atoms with van der Waals surface area (Å²) >= 11 is 0. The Labute approximate surface area is 250 Å². The van der Waals surface area contributed by atoms with Crippen LogP contribution in [-0.2, 0) is 39.6 Å². The van der Waals surface area contributed by atoms with E-state index in [0.29, 0.717) is 29.4 Å². The highest BCUT2D eigenvalue weighted by Gasteiger charge is 2.20. The number of aryl methyl sites for hydroxylation is 2. The van der Waals surface area contributed by atoms with Crippen molar-refractivity contribution in [2.75, 3.05) is 13.6 Å². The second-order valence-electron chi connectivity index (χ2n) is 10.4. The van der Waals surface area contributed by atoms with E-state index < -0.39 is 20.0 Å². The maximum Gasteiger partial charge on any atom is 0.240 e. The molecule has 0 saturated carbocycles. The molecule has 12 heteroatoms. The normalized spacial score (nSPS) is 13.8. The van der Waals surface area contributed by atoms with Gasteiger partial charge in [0.15, 0.2) is 23.0 Å². The number of benzene rings is 4. The molecule has 43 heavy (non-hydrogen) atoms. The van der Waals surface area contributed by atoms with Crippen molar-refractivity contribution < 1.29 is 35.8 Å². The van der Waals surface area contributed by atoms with Crippen molar-refractivity contribution in [3.63, 3.8) is 0 Å². The van der Waals surface area contributed by atoms with E-state index in [1.807, 2.05) is 13.8 Å². The van der Waals surface area contributed by atoms with Gasteiger partial charge in [-0.1, -0.05) is 24.3 Å². The molecule has 0 atom stereocenters. The van der Waals surface area contributed by atoms with E-state index in [9.17, 15) is 16.8 Å². The fraction of sp³-hybridized carbons (Fsp3) is 0.226. The van der Waals surface area contributed by atoms with E-state index >= 15 is 0 Å². The lowest BCUT2D eigenvalue weighted by molar-refractivity contribution is 0.173.